The summed E-state index contributed by atoms with van der Waals surface area (Å²) in [6, 6.07) is 6.43. The lowest BCUT2D eigenvalue weighted by molar-refractivity contribution is 0.128. The summed E-state index contributed by atoms with van der Waals surface area (Å²) in [5, 5.41) is 0. The first-order valence-corrected chi connectivity index (χ1v) is 6.21. The van der Waals surface area contributed by atoms with Gasteiger partial charge in [0.05, 0.1) is 0 Å². The Hall–Kier alpha value is -1.61. The number of imidazole rings is 1. The third-order valence-electron chi connectivity index (χ3n) is 3.52. The van der Waals surface area contributed by atoms with Gasteiger partial charge in [-0.2, -0.15) is 0 Å². The highest BCUT2D eigenvalue weighted by Gasteiger charge is 2.16. The lowest BCUT2D eigenvalue weighted by Crippen LogP contribution is -2.10. The predicted octanol–water partition coefficient (Wildman–Crippen LogP) is 3.26. The summed E-state index contributed by atoms with van der Waals surface area (Å²) in [7, 11) is 1.70. The average molecular weight is 244 g/mol. The minimum atomic E-state index is 0.273. The predicted molar refractivity (Wildman–Crippen MR) is 72.7 cm³/mol. The molecule has 0 amide bonds. The number of ether oxygens (including phenoxy) is 1. The standard InChI is InChI=1S/C15H20N2O/c1-11-6-5-7-14(12(11)2)13(3)15-16-8-9-17(15)10-18-4/h5-9,13H,10H2,1-4H3. The molecule has 0 fully saturated rings. The molecule has 0 bridgehead atoms. The van der Waals surface area contributed by atoms with Crippen LogP contribution in [0.5, 0.6) is 0 Å². The van der Waals surface area contributed by atoms with E-state index in [9.17, 15) is 0 Å². The van der Waals surface area contributed by atoms with E-state index >= 15 is 0 Å². The SMILES string of the molecule is COCn1ccnc1C(C)c1cccc(C)c1C. The molecule has 1 aromatic carbocycles. The smallest absolute Gasteiger partial charge is 0.123 e. The quantitative estimate of drug-likeness (QED) is 0.825. The molecule has 0 aliphatic heterocycles. The number of hydrogen-bond acceptors (Lipinski definition) is 2. The zero-order chi connectivity index (χ0) is 13.1. The van der Waals surface area contributed by atoms with Crippen molar-refractivity contribution in [3.63, 3.8) is 0 Å². The van der Waals surface area contributed by atoms with Gasteiger partial charge in [0.2, 0.25) is 0 Å². The second kappa shape index (κ2) is 5.36. The molecule has 3 nitrogen and oxygen atoms in total. The number of methoxy groups -OCH3 is 1. The van der Waals surface area contributed by atoms with Gasteiger partial charge in [0.25, 0.3) is 0 Å². The Morgan fingerprint density at radius 2 is 2.11 bits per heavy atom. The van der Waals surface area contributed by atoms with Crippen molar-refractivity contribution in [2.75, 3.05) is 7.11 Å². The summed E-state index contributed by atoms with van der Waals surface area (Å²) in [4.78, 5) is 4.46. The van der Waals surface area contributed by atoms with E-state index < -0.39 is 0 Å². The molecule has 0 saturated heterocycles. The maximum absolute atomic E-state index is 5.19. The molecule has 0 spiro atoms. The summed E-state index contributed by atoms with van der Waals surface area (Å²) in [5.41, 5.74) is 4.00. The first-order chi connectivity index (χ1) is 8.65. The molecular weight excluding hydrogens is 224 g/mol. The van der Waals surface area contributed by atoms with Crippen LogP contribution >= 0.6 is 0 Å². The Labute approximate surface area is 108 Å². The van der Waals surface area contributed by atoms with Gasteiger partial charge in [-0.3, -0.25) is 0 Å². The molecule has 2 aromatic rings. The largest absolute Gasteiger partial charge is 0.364 e. The molecule has 0 radical (unpaired) electrons. The molecule has 2 rings (SSSR count). The van der Waals surface area contributed by atoms with Crippen LogP contribution in [0.1, 0.15) is 35.4 Å². The van der Waals surface area contributed by atoms with E-state index in [4.69, 9.17) is 4.74 Å². The van der Waals surface area contributed by atoms with Crippen LogP contribution in [0.3, 0.4) is 0 Å². The first-order valence-electron chi connectivity index (χ1n) is 6.21. The second-order valence-electron chi connectivity index (χ2n) is 4.68. The summed E-state index contributed by atoms with van der Waals surface area (Å²) < 4.78 is 7.24. The molecule has 3 heteroatoms. The van der Waals surface area contributed by atoms with Gasteiger partial charge in [-0.15, -0.1) is 0 Å². The molecule has 1 unspecified atom stereocenters. The molecule has 0 saturated carbocycles. The summed E-state index contributed by atoms with van der Waals surface area (Å²) >= 11 is 0. The van der Waals surface area contributed by atoms with E-state index in [1.165, 1.54) is 16.7 Å². The third kappa shape index (κ3) is 2.31. The Kier molecular flexibility index (Phi) is 3.82. The first kappa shape index (κ1) is 12.8. The molecular formula is C15H20N2O. The van der Waals surface area contributed by atoms with E-state index in [1.807, 2.05) is 17.0 Å². The highest BCUT2D eigenvalue weighted by atomic mass is 16.5. The minimum absolute atomic E-state index is 0.273. The van der Waals surface area contributed by atoms with Crippen molar-refractivity contribution >= 4 is 0 Å². The molecule has 96 valence electrons. The van der Waals surface area contributed by atoms with Crippen molar-refractivity contribution in [1.29, 1.82) is 0 Å². The number of nitrogens with zero attached hydrogens (tertiary/aromatic N) is 2. The van der Waals surface area contributed by atoms with Crippen molar-refractivity contribution in [3.05, 3.63) is 53.1 Å². The molecule has 1 heterocycles. The Bertz CT molecular complexity index is 531. The lowest BCUT2D eigenvalue weighted by Gasteiger charge is -2.17. The van der Waals surface area contributed by atoms with E-state index in [2.05, 4.69) is 44.0 Å². The molecule has 0 N–H and O–H groups in total. The van der Waals surface area contributed by atoms with Gasteiger partial charge in [0.1, 0.15) is 12.6 Å². The van der Waals surface area contributed by atoms with Crippen LogP contribution in [0.25, 0.3) is 0 Å². The zero-order valence-corrected chi connectivity index (χ0v) is 11.5. The lowest BCUT2D eigenvalue weighted by atomic mass is 9.93. The van der Waals surface area contributed by atoms with E-state index in [-0.39, 0.29) is 5.92 Å². The fraction of sp³-hybridized carbons (Fsp3) is 0.400. The molecule has 18 heavy (non-hydrogen) atoms. The van der Waals surface area contributed by atoms with Crippen LogP contribution in [-0.4, -0.2) is 16.7 Å². The number of rotatable bonds is 4. The Morgan fingerprint density at radius 1 is 1.33 bits per heavy atom. The van der Waals surface area contributed by atoms with Crippen molar-refractivity contribution < 1.29 is 4.74 Å². The zero-order valence-electron chi connectivity index (χ0n) is 11.5. The molecule has 1 aromatic heterocycles. The third-order valence-corrected chi connectivity index (χ3v) is 3.52. The van der Waals surface area contributed by atoms with Crippen LogP contribution in [-0.2, 0) is 11.5 Å². The van der Waals surface area contributed by atoms with Gasteiger partial charge in [-0.25, -0.2) is 4.98 Å². The fourth-order valence-electron chi connectivity index (χ4n) is 2.33. The van der Waals surface area contributed by atoms with Crippen LogP contribution in [0.4, 0.5) is 0 Å². The summed E-state index contributed by atoms with van der Waals surface area (Å²) in [6.07, 6.45) is 3.79. The average Bonchev–Trinajstić information content (AvgIpc) is 2.80. The molecule has 0 aliphatic rings. The van der Waals surface area contributed by atoms with Crippen molar-refractivity contribution in [3.8, 4) is 0 Å². The number of hydrogen-bond donors (Lipinski definition) is 0. The topological polar surface area (TPSA) is 27.1 Å². The van der Waals surface area contributed by atoms with Crippen LogP contribution < -0.4 is 0 Å². The maximum atomic E-state index is 5.19. The van der Waals surface area contributed by atoms with Crippen LogP contribution in [0, 0.1) is 13.8 Å². The van der Waals surface area contributed by atoms with Crippen molar-refractivity contribution in [2.24, 2.45) is 0 Å². The summed E-state index contributed by atoms with van der Waals surface area (Å²) in [6.45, 7) is 7.05. The minimum Gasteiger partial charge on any atom is -0.364 e. The van der Waals surface area contributed by atoms with Gasteiger partial charge < -0.3 is 9.30 Å². The normalized spacial score (nSPS) is 12.7. The van der Waals surface area contributed by atoms with E-state index in [0.29, 0.717) is 6.73 Å². The van der Waals surface area contributed by atoms with Crippen molar-refractivity contribution in [2.45, 2.75) is 33.4 Å². The summed E-state index contributed by atoms with van der Waals surface area (Å²) in [5.74, 6) is 1.32. The van der Waals surface area contributed by atoms with Gasteiger partial charge >= 0.3 is 0 Å². The molecule has 0 aliphatic carbocycles. The van der Waals surface area contributed by atoms with Gasteiger partial charge in [0.15, 0.2) is 0 Å². The van der Waals surface area contributed by atoms with Gasteiger partial charge in [-0.1, -0.05) is 25.1 Å². The highest BCUT2D eigenvalue weighted by molar-refractivity contribution is 5.38. The Balaban J connectivity index is 2.38. The van der Waals surface area contributed by atoms with Gasteiger partial charge in [0, 0.05) is 25.4 Å². The Morgan fingerprint density at radius 3 is 2.83 bits per heavy atom. The monoisotopic (exact) mass is 244 g/mol. The van der Waals surface area contributed by atoms with Crippen molar-refractivity contribution in [1.82, 2.24) is 9.55 Å². The highest BCUT2D eigenvalue weighted by Crippen LogP contribution is 2.27. The fourth-order valence-corrected chi connectivity index (χ4v) is 2.33. The molecule has 1 atom stereocenters. The number of aryl methyl sites for hydroxylation is 1. The number of aromatic nitrogens is 2. The van der Waals surface area contributed by atoms with E-state index in [0.717, 1.165) is 5.82 Å². The van der Waals surface area contributed by atoms with Gasteiger partial charge in [-0.05, 0) is 30.5 Å². The van der Waals surface area contributed by atoms with Crippen LogP contribution in [0.2, 0.25) is 0 Å². The number of benzene rings is 1. The second-order valence-corrected chi connectivity index (χ2v) is 4.68. The maximum Gasteiger partial charge on any atom is 0.123 e. The van der Waals surface area contributed by atoms with Crippen LogP contribution in [0.15, 0.2) is 30.6 Å². The van der Waals surface area contributed by atoms with E-state index in [1.54, 1.807) is 7.11 Å².